The van der Waals surface area contributed by atoms with Crippen LogP contribution in [0.1, 0.15) is 12.0 Å². The van der Waals surface area contributed by atoms with Gasteiger partial charge in [0.15, 0.2) is 0 Å². The zero-order valence-electron chi connectivity index (χ0n) is 16.4. The van der Waals surface area contributed by atoms with E-state index in [2.05, 4.69) is 4.72 Å². The lowest BCUT2D eigenvalue weighted by Crippen LogP contribution is -2.35. The fourth-order valence-corrected chi connectivity index (χ4v) is 6.61. The van der Waals surface area contributed by atoms with Gasteiger partial charge in [-0.2, -0.15) is 0 Å². The lowest BCUT2D eigenvalue weighted by molar-refractivity contribution is 0.585. The smallest absolute Gasteiger partial charge is 0.264 e. The molecule has 0 unspecified atom stereocenters. The predicted octanol–water partition coefficient (Wildman–Crippen LogP) is 4.56. The Balaban J connectivity index is 1.71. The number of hydrogen-bond donors (Lipinski definition) is 1. The van der Waals surface area contributed by atoms with Crippen LogP contribution in [0.25, 0.3) is 0 Å². The van der Waals surface area contributed by atoms with Crippen LogP contribution in [0.15, 0.2) is 70.5 Å². The molecule has 3 aromatic carbocycles. The van der Waals surface area contributed by atoms with E-state index < -0.39 is 31.7 Å². The molecule has 11 heteroatoms. The molecule has 32 heavy (non-hydrogen) atoms. The summed E-state index contributed by atoms with van der Waals surface area (Å²) in [5.74, 6) is -1.23. The molecule has 1 aliphatic rings. The van der Waals surface area contributed by atoms with Crippen LogP contribution in [-0.2, 0) is 26.5 Å². The number of nitrogens with one attached hydrogen (secondary N) is 1. The lowest BCUT2D eigenvalue weighted by Gasteiger charge is -2.31. The number of hydrogen-bond acceptors (Lipinski definition) is 4. The van der Waals surface area contributed by atoms with Gasteiger partial charge in [0.05, 0.1) is 21.3 Å². The second kappa shape index (κ2) is 8.34. The molecule has 1 heterocycles. The molecule has 168 valence electrons. The molecule has 1 N–H and O–H groups in total. The van der Waals surface area contributed by atoms with Crippen molar-refractivity contribution >= 4 is 43.0 Å². The SMILES string of the molecule is O=S(=O)(Nc1ccc2c(c1)N(S(=O)(=O)c1ccc(F)cc1)CCC2)c1ccc(F)cc1Cl. The van der Waals surface area contributed by atoms with E-state index in [1.807, 2.05) is 0 Å². The molecular formula is C21H17ClF2N2O4S2. The van der Waals surface area contributed by atoms with Gasteiger partial charge in [-0.05, 0) is 73.0 Å². The van der Waals surface area contributed by atoms with Gasteiger partial charge in [-0.1, -0.05) is 17.7 Å². The zero-order valence-corrected chi connectivity index (χ0v) is 18.8. The third kappa shape index (κ3) is 4.30. The molecule has 0 saturated heterocycles. The number of anilines is 2. The van der Waals surface area contributed by atoms with Crippen LogP contribution >= 0.6 is 11.6 Å². The van der Waals surface area contributed by atoms with Gasteiger partial charge < -0.3 is 0 Å². The summed E-state index contributed by atoms with van der Waals surface area (Å²) < 4.78 is 81.9. The minimum absolute atomic E-state index is 0.0733. The highest BCUT2D eigenvalue weighted by Gasteiger charge is 2.30. The largest absolute Gasteiger partial charge is 0.280 e. The highest BCUT2D eigenvalue weighted by atomic mass is 35.5. The molecule has 0 bridgehead atoms. The molecule has 0 radical (unpaired) electrons. The van der Waals surface area contributed by atoms with E-state index in [4.69, 9.17) is 11.6 Å². The van der Waals surface area contributed by atoms with E-state index >= 15 is 0 Å². The van der Waals surface area contributed by atoms with Gasteiger partial charge in [0, 0.05) is 6.54 Å². The van der Waals surface area contributed by atoms with Crippen LogP contribution in [0, 0.1) is 11.6 Å². The first kappa shape index (κ1) is 22.5. The first-order valence-corrected chi connectivity index (χ1v) is 12.8. The Kier molecular flexibility index (Phi) is 5.87. The Morgan fingerprint density at radius 3 is 2.25 bits per heavy atom. The number of fused-ring (bicyclic) bond motifs is 1. The van der Waals surface area contributed by atoms with Crippen molar-refractivity contribution in [2.24, 2.45) is 0 Å². The van der Waals surface area contributed by atoms with E-state index in [9.17, 15) is 25.6 Å². The van der Waals surface area contributed by atoms with Crippen molar-refractivity contribution in [3.8, 4) is 0 Å². The molecule has 0 atom stereocenters. The second-order valence-corrected chi connectivity index (χ2v) is 11.1. The van der Waals surface area contributed by atoms with E-state index in [1.165, 1.54) is 28.6 Å². The summed E-state index contributed by atoms with van der Waals surface area (Å²) in [7, 11) is -8.15. The van der Waals surface area contributed by atoms with E-state index in [-0.39, 0.29) is 27.0 Å². The highest BCUT2D eigenvalue weighted by Crippen LogP contribution is 2.35. The summed E-state index contributed by atoms with van der Waals surface area (Å²) in [6.07, 6.45) is 1.19. The third-order valence-electron chi connectivity index (χ3n) is 5.00. The molecule has 3 aromatic rings. The fourth-order valence-electron chi connectivity index (χ4n) is 3.49. The lowest BCUT2D eigenvalue weighted by atomic mass is 10.0. The van der Waals surface area contributed by atoms with Gasteiger partial charge in [-0.25, -0.2) is 25.6 Å². The van der Waals surface area contributed by atoms with Gasteiger partial charge >= 0.3 is 0 Å². The summed E-state index contributed by atoms with van der Waals surface area (Å²) in [4.78, 5) is -0.384. The first-order valence-electron chi connectivity index (χ1n) is 9.47. The molecule has 0 spiro atoms. The number of halogens is 3. The quantitative estimate of drug-likeness (QED) is 0.559. The minimum atomic E-state index is -4.16. The molecular weight excluding hydrogens is 482 g/mol. The number of nitrogens with zero attached hydrogens (tertiary/aromatic N) is 1. The highest BCUT2D eigenvalue weighted by molar-refractivity contribution is 7.93. The van der Waals surface area contributed by atoms with Gasteiger partial charge in [-0.15, -0.1) is 0 Å². The minimum Gasteiger partial charge on any atom is -0.280 e. The molecule has 0 aromatic heterocycles. The average Bonchev–Trinajstić information content (AvgIpc) is 2.73. The Labute approximate surface area is 189 Å². The normalized spacial score (nSPS) is 14.2. The van der Waals surface area contributed by atoms with Crippen molar-refractivity contribution < 1.29 is 25.6 Å². The Morgan fingerprint density at radius 2 is 1.56 bits per heavy atom. The standard InChI is InChI=1S/C21H17ClF2N2O4S2/c22-19-12-16(24)6-10-21(19)31(27,28)25-17-7-3-14-2-1-11-26(20(14)13-17)32(29,30)18-8-4-15(23)5-9-18/h3-10,12-13,25H,1-2,11H2. The van der Waals surface area contributed by atoms with Crippen molar-refractivity contribution in [2.75, 3.05) is 15.6 Å². The monoisotopic (exact) mass is 498 g/mol. The van der Waals surface area contributed by atoms with Crippen LogP contribution in [0.2, 0.25) is 5.02 Å². The molecule has 1 aliphatic heterocycles. The van der Waals surface area contributed by atoms with Gasteiger partial charge in [0.25, 0.3) is 20.0 Å². The number of sulfonamides is 2. The second-order valence-electron chi connectivity index (χ2n) is 7.16. The Hall–Kier alpha value is -2.69. The van der Waals surface area contributed by atoms with Gasteiger partial charge in [-0.3, -0.25) is 9.03 Å². The van der Waals surface area contributed by atoms with E-state index in [0.29, 0.717) is 18.5 Å². The fraction of sp³-hybridized carbons (Fsp3) is 0.143. The van der Waals surface area contributed by atoms with E-state index in [1.54, 1.807) is 6.07 Å². The van der Waals surface area contributed by atoms with Crippen molar-refractivity contribution in [1.82, 2.24) is 0 Å². The predicted molar refractivity (Wildman–Crippen MR) is 118 cm³/mol. The van der Waals surface area contributed by atoms with Crippen molar-refractivity contribution in [1.29, 1.82) is 0 Å². The number of benzene rings is 3. The topological polar surface area (TPSA) is 83.6 Å². The van der Waals surface area contributed by atoms with Crippen molar-refractivity contribution in [2.45, 2.75) is 22.6 Å². The Morgan fingerprint density at radius 1 is 0.875 bits per heavy atom. The molecule has 0 saturated carbocycles. The van der Waals surface area contributed by atoms with Crippen molar-refractivity contribution in [3.63, 3.8) is 0 Å². The molecule has 0 aliphatic carbocycles. The summed E-state index contributed by atoms with van der Waals surface area (Å²) in [5.41, 5.74) is 1.17. The van der Waals surface area contributed by atoms with Crippen LogP contribution in [0.4, 0.5) is 20.2 Å². The van der Waals surface area contributed by atoms with Gasteiger partial charge in [0.2, 0.25) is 0 Å². The van der Waals surface area contributed by atoms with Crippen LogP contribution < -0.4 is 9.03 Å². The molecule has 6 nitrogen and oxygen atoms in total. The maximum atomic E-state index is 13.3. The summed E-state index contributed by atoms with van der Waals surface area (Å²) in [6.45, 7) is 0.187. The molecule has 0 fully saturated rings. The van der Waals surface area contributed by atoms with Crippen LogP contribution in [0.5, 0.6) is 0 Å². The maximum Gasteiger partial charge on any atom is 0.264 e. The summed E-state index contributed by atoms with van der Waals surface area (Å²) in [5, 5.41) is -0.282. The van der Waals surface area contributed by atoms with E-state index in [0.717, 1.165) is 35.9 Å². The number of aryl methyl sites for hydroxylation is 1. The van der Waals surface area contributed by atoms with Gasteiger partial charge in [0.1, 0.15) is 16.5 Å². The summed E-state index contributed by atoms with van der Waals surface area (Å²) in [6, 6.07) is 12.0. The summed E-state index contributed by atoms with van der Waals surface area (Å²) >= 11 is 5.88. The first-order chi connectivity index (χ1) is 15.1. The number of rotatable bonds is 5. The van der Waals surface area contributed by atoms with Crippen LogP contribution in [0.3, 0.4) is 0 Å². The third-order valence-corrected chi connectivity index (χ3v) is 8.69. The molecule has 0 amide bonds. The maximum absolute atomic E-state index is 13.3. The van der Waals surface area contributed by atoms with Crippen molar-refractivity contribution in [3.05, 3.63) is 82.9 Å². The molecule has 4 rings (SSSR count). The zero-order chi connectivity index (χ0) is 23.1. The Bertz CT molecular complexity index is 1400. The van der Waals surface area contributed by atoms with Crippen LogP contribution in [-0.4, -0.2) is 23.4 Å². The average molecular weight is 499 g/mol.